The van der Waals surface area contributed by atoms with E-state index in [-0.39, 0.29) is 18.0 Å². The summed E-state index contributed by atoms with van der Waals surface area (Å²) in [5.74, 6) is 0. The molecule has 4 heteroatoms. The molecule has 0 aromatic rings. The van der Waals surface area contributed by atoms with Crippen molar-refractivity contribution >= 4 is 12.6 Å². The number of ether oxygens (including phenoxy) is 1. The Labute approximate surface area is 85.5 Å². The second-order valence-corrected chi connectivity index (χ2v) is 4.35. The van der Waals surface area contributed by atoms with Crippen molar-refractivity contribution in [1.29, 1.82) is 0 Å². The Balaban J connectivity index is 2.52. The number of rotatable bonds is 3. The van der Waals surface area contributed by atoms with Crippen LogP contribution in [-0.4, -0.2) is 47.8 Å². The van der Waals surface area contributed by atoms with Crippen molar-refractivity contribution < 1.29 is 9.84 Å². The summed E-state index contributed by atoms with van der Waals surface area (Å²) in [6.07, 6.45) is 2.34. The van der Waals surface area contributed by atoms with Gasteiger partial charge in [0, 0.05) is 19.7 Å². The normalized spacial score (nSPS) is 33.2. The van der Waals surface area contributed by atoms with Crippen molar-refractivity contribution in [2.24, 2.45) is 0 Å². The molecule has 0 aromatic carbocycles. The van der Waals surface area contributed by atoms with Gasteiger partial charge in [0.2, 0.25) is 0 Å². The van der Waals surface area contributed by atoms with Crippen molar-refractivity contribution in [2.75, 3.05) is 20.3 Å². The van der Waals surface area contributed by atoms with E-state index in [4.69, 9.17) is 9.84 Å². The van der Waals surface area contributed by atoms with Crippen LogP contribution in [0.1, 0.15) is 19.8 Å². The van der Waals surface area contributed by atoms with E-state index in [9.17, 15) is 0 Å². The zero-order valence-electron chi connectivity index (χ0n) is 8.31. The van der Waals surface area contributed by atoms with Crippen LogP contribution in [0.2, 0.25) is 0 Å². The summed E-state index contributed by atoms with van der Waals surface area (Å²) in [7, 11) is 1.74. The Bertz CT molecular complexity index is 155. The van der Waals surface area contributed by atoms with Crippen LogP contribution < -0.4 is 0 Å². The van der Waals surface area contributed by atoms with Crippen LogP contribution in [0.4, 0.5) is 0 Å². The third kappa shape index (κ3) is 2.84. The number of aliphatic hydroxyl groups excluding tert-OH is 1. The van der Waals surface area contributed by atoms with E-state index >= 15 is 0 Å². The monoisotopic (exact) mass is 205 g/mol. The topological polar surface area (TPSA) is 32.7 Å². The number of hydrogen-bond acceptors (Lipinski definition) is 4. The van der Waals surface area contributed by atoms with Gasteiger partial charge in [0.05, 0.1) is 18.1 Å². The fourth-order valence-corrected chi connectivity index (χ4v) is 2.15. The number of methoxy groups -OCH3 is 1. The molecule has 0 bridgehead atoms. The maximum absolute atomic E-state index is 9.15. The number of nitrogens with zero attached hydrogens (tertiary/aromatic N) is 1. The highest BCUT2D eigenvalue weighted by molar-refractivity contribution is 7.80. The van der Waals surface area contributed by atoms with Gasteiger partial charge in [-0.25, -0.2) is 0 Å². The number of thiol groups is 1. The molecule has 0 aromatic heterocycles. The van der Waals surface area contributed by atoms with Crippen LogP contribution in [0.3, 0.4) is 0 Å². The molecule has 1 N–H and O–H groups in total. The lowest BCUT2D eigenvalue weighted by atomic mass is 10.0. The predicted octanol–water partition coefficient (Wildman–Crippen LogP) is 0.734. The van der Waals surface area contributed by atoms with Gasteiger partial charge in [0.15, 0.2) is 0 Å². The smallest absolute Gasteiger partial charge is 0.0699 e. The number of likely N-dealkylation sites (tertiary alicyclic amines) is 1. The zero-order chi connectivity index (χ0) is 9.84. The van der Waals surface area contributed by atoms with Crippen LogP contribution in [0.25, 0.3) is 0 Å². The molecule has 0 aliphatic carbocycles. The lowest BCUT2D eigenvalue weighted by molar-refractivity contribution is -0.0118. The van der Waals surface area contributed by atoms with Gasteiger partial charge in [-0.3, -0.25) is 4.90 Å². The first kappa shape index (κ1) is 11.3. The van der Waals surface area contributed by atoms with Crippen LogP contribution in [-0.2, 0) is 4.74 Å². The molecule has 0 amide bonds. The predicted molar refractivity (Wildman–Crippen MR) is 56.1 cm³/mol. The van der Waals surface area contributed by atoms with E-state index in [1.54, 1.807) is 7.11 Å². The number of piperidine rings is 1. The molecule has 1 saturated heterocycles. The minimum atomic E-state index is 0.190. The first-order valence-electron chi connectivity index (χ1n) is 4.76. The Hall–Kier alpha value is 0.230. The van der Waals surface area contributed by atoms with Gasteiger partial charge in [-0.1, -0.05) is 0 Å². The van der Waals surface area contributed by atoms with Crippen molar-refractivity contribution in [3.63, 3.8) is 0 Å². The maximum atomic E-state index is 9.15. The average Bonchev–Trinajstić information content (AvgIpc) is 2.16. The van der Waals surface area contributed by atoms with Gasteiger partial charge in [0.1, 0.15) is 0 Å². The van der Waals surface area contributed by atoms with Gasteiger partial charge in [0.25, 0.3) is 0 Å². The summed E-state index contributed by atoms with van der Waals surface area (Å²) < 4.78 is 5.31. The molecule has 0 radical (unpaired) electrons. The van der Waals surface area contributed by atoms with Crippen molar-refractivity contribution in [1.82, 2.24) is 4.90 Å². The van der Waals surface area contributed by atoms with Gasteiger partial charge in [-0.2, -0.15) is 12.6 Å². The Morgan fingerprint density at radius 2 is 2.31 bits per heavy atom. The minimum Gasteiger partial charge on any atom is -0.395 e. The van der Waals surface area contributed by atoms with Gasteiger partial charge < -0.3 is 9.84 Å². The molecule has 1 aliphatic heterocycles. The summed E-state index contributed by atoms with van der Waals surface area (Å²) in [4.78, 5) is 2.20. The Morgan fingerprint density at radius 3 is 2.77 bits per heavy atom. The molecule has 3 atom stereocenters. The van der Waals surface area contributed by atoms with Crippen LogP contribution >= 0.6 is 12.6 Å². The fraction of sp³-hybridized carbons (Fsp3) is 1.00. The molecule has 13 heavy (non-hydrogen) atoms. The number of hydrogen-bond donors (Lipinski definition) is 2. The van der Waals surface area contributed by atoms with Crippen molar-refractivity contribution in [2.45, 2.75) is 37.3 Å². The average molecular weight is 205 g/mol. The summed E-state index contributed by atoms with van der Waals surface area (Å²) in [6.45, 7) is 3.14. The van der Waals surface area contributed by atoms with Crippen molar-refractivity contribution in [3.05, 3.63) is 0 Å². The summed E-state index contributed by atoms with van der Waals surface area (Å²) in [5.41, 5.74) is 0. The molecule has 0 spiro atoms. The number of aliphatic hydroxyl groups is 1. The third-order valence-corrected chi connectivity index (χ3v) is 3.03. The van der Waals surface area contributed by atoms with E-state index in [2.05, 4.69) is 17.5 Å². The highest BCUT2D eigenvalue weighted by atomic mass is 32.1. The molecule has 3 unspecified atom stereocenters. The highest BCUT2D eigenvalue weighted by Gasteiger charge is 2.29. The minimum absolute atomic E-state index is 0.190. The molecule has 1 rings (SSSR count). The van der Waals surface area contributed by atoms with Crippen LogP contribution in [0, 0.1) is 0 Å². The molecule has 1 fully saturated rings. The molecule has 0 saturated carbocycles. The van der Waals surface area contributed by atoms with Crippen LogP contribution in [0.15, 0.2) is 0 Å². The first-order chi connectivity index (χ1) is 6.19. The van der Waals surface area contributed by atoms with E-state index in [0.29, 0.717) is 6.10 Å². The molecule has 1 aliphatic rings. The largest absolute Gasteiger partial charge is 0.395 e. The Morgan fingerprint density at radius 1 is 1.62 bits per heavy atom. The molecular formula is C9H19NO2S. The fourth-order valence-electron chi connectivity index (χ4n) is 1.87. The second-order valence-electron chi connectivity index (χ2n) is 3.60. The van der Waals surface area contributed by atoms with E-state index in [1.165, 1.54) is 0 Å². The first-order valence-corrected chi connectivity index (χ1v) is 5.28. The molecule has 78 valence electrons. The zero-order valence-corrected chi connectivity index (χ0v) is 9.20. The lowest BCUT2D eigenvalue weighted by Crippen LogP contribution is -2.50. The van der Waals surface area contributed by atoms with Gasteiger partial charge in [-0.05, 0) is 19.8 Å². The summed E-state index contributed by atoms with van der Waals surface area (Å²) in [6, 6.07) is 0.263. The SMILES string of the molecule is COC1CCC(CO)N(C(C)S)C1. The summed E-state index contributed by atoms with van der Waals surface area (Å²) >= 11 is 4.39. The molecular weight excluding hydrogens is 186 g/mol. The Kier molecular flexibility index (Phi) is 4.52. The lowest BCUT2D eigenvalue weighted by Gasteiger charge is -2.40. The van der Waals surface area contributed by atoms with Gasteiger partial charge in [-0.15, -0.1) is 0 Å². The quantitative estimate of drug-likeness (QED) is 0.666. The molecule has 1 heterocycles. The standard InChI is InChI=1S/C9H19NO2S/c1-7(13)10-5-9(12-2)4-3-8(10)6-11/h7-9,11,13H,3-6H2,1-2H3. The summed E-state index contributed by atoms with van der Waals surface area (Å²) in [5, 5.41) is 9.34. The van der Waals surface area contributed by atoms with E-state index < -0.39 is 0 Å². The molecule has 3 nitrogen and oxygen atoms in total. The van der Waals surface area contributed by atoms with E-state index in [1.807, 2.05) is 6.92 Å². The third-order valence-electron chi connectivity index (χ3n) is 2.73. The second kappa shape index (κ2) is 5.20. The van der Waals surface area contributed by atoms with Crippen molar-refractivity contribution in [3.8, 4) is 0 Å². The maximum Gasteiger partial charge on any atom is 0.0699 e. The van der Waals surface area contributed by atoms with Crippen LogP contribution in [0.5, 0.6) is 0 Å². The van der Waals surface area contributed by atoms with E-state index in [0.717, 1.165) is 19.4 Å². The van der Waals surface area contributed by atoms with Gasteiger partial charge >= 0.3 is 0 Å². The highest BCUT2D eigenvalue weighted by Crippen LogP contribution is 2.22.